The number of para-hydroxylation sites is 1. The Hall–Kier alpha value is -2.37. The first-order chi connectivity index (χ1) is 10.4. The molecule has 1 fully saturated rings. The fraction of sp³-hybridized carbons (Fsp3) is 0.438. The number of carbonyl (C=O) groups excluding carboxylic acids is 3. The molecule has 0 spiro atoms. The van der Waals surface area contributed by atoms with E-state index in [9.17, 15) is 14.4 Å². The Morgan fingerprint density at radius 3 is 2.55 bits per heavy atom. The quantitative estimate of drug-likeness (QED) is 0.790. The third-order valence-electron chi connectivity index (χ3n) is 3.56. The van der Waals surface area contributed by atoms with Gasteiger partial charge in [-0.25, -0.2) is 4.79 Å². The zero-order valence-electron chi connectivity index (χ0n) is 13.0. The van der Waals surface area contributed by atoms with Crippen LogP contribution in [0.15, 0.2) is 24.3 Å². The van der Waals surface area contributed by atoms with Gasteiger partial charge in [0.25, 0.3) is 5.91 Å². The first kappa shape index (κ1) is 16.0. The molecule has 0 saturated carbocycles. The highest BCUT2D eigenvalue weighted by Gasteiger charge is 2.27. The van der Waals surface area contributed by atoms with Gasteiger partial charge in [0.05, 0.1) is 11.3 Å². The van der Waals surface area contributed by atoms with Gasteiger partial charge in [-0.15, -0.1) is 0 Å². The van der Waals surface area contributed by atoms with E-state index < -0.39 is 12.1 Å². The lowest BCUT2D eigenvalue weighted by atomic mass is 10.1. The molecule has 0 radical (unpaired) electrons. The van der Waals surface area contributed by atoms with E-state index >= 15 is 0 Å². The molecular formula is C16H20N2O4. The summed E-state index contributed by atoms with van der Waals surface area (Å²) in [5.74, 6) is -0.890. The predicted molar refractivity (Wildman–Crippen MR) is 81.6 cm³/mol. The summed E-state index contributed by atoms with van der Waals surface area (Å²) in [5, 5.41) is 0. The van der Waals surface area contributed by atoms with Crippen LogP contribution in [0.3, 0.4) is 0 Å². The van der Waals surface area contributed by atoms with Gasteiger partial charge < -0.3 is 14.5 Å². The van der Waals surface area contributed by atoms with E-state index in [0.29, 0.717) is 24.2 Å². The molecule has 1 aromatic rings. The second-order valence-corrected chi connectivity index (χ2v) is 5.45. The first-order valence-corrected chi connectivity index (χ1v) is 7.23. The highest BCUT2D eigenvalue weighted by Crippen LogP contribution is 2.26. The van der Waals surface area contributed by atoms with Crippen LogP contribution in [0, 0.1) is 0 Å². The molecule has 6 nitrogen and oxygen atoms in total. The van der Waals surface area contributed by atoms with E-state index in [4.69, 9.17) is 4.74 Å². The van der Waals surface area contributed by atoms with Crippen LogP contribution in [-0.4, -0.2) is 49.4 Å². The van der Waals surface area contributed by atoms with Crippen molar-refractivity contribution in [3.05, 3.63) is 29.8 Å². The van der Waals surface area contributed by atoms with Crippen molar-refractivity contribution in [2.24, 2.45) is 0 Å². The minimum atomic E-state index is -0.871. The molecule has 0 N–H and O–H groups in total. The normalized spacial score (nSPS) is 15.6. The minimum Gasteiger partial charge on any atom is -0.449 e. The lowest BCUT2D eigenvalue weighted by Gasteiger charge is -2.21. The summed E-state index contributed by atoms with van der Waals surface area (Å²) in [7, 11) is 3.20. The molecule has 1 aromatic carbocycles. The van der Waals surface area contributed by atoms with Crippen LogP contribution in [0.4, 0.5) is 5.69 Å². The van der Waals surface area contributed by atoms with Crippen molar-refractivity contribution in [3.8, 4) is 0 Å². The van der Waals surface area contributed by atoms with E-state index in [1.807, 2.05) is 0 Å². The molecule has 6 heteroatoms. The third kappa shape index (κ3) is 3.27. The zero-order chi connectivity index (χ0) is 16.3. The van der Waals surface area contributed by atoms with E-state index in [1.165, 1.54) is 11.8 Å². The van der Waals surface area contributed by atoms with Gasteiger partial charge in [-0.3, -0.25) is 9.59 Å². The maximum atomic E-state index is 12.3. The number of carbonyl (C=O) groups is 3. The highest BCUT2D eigenvalue weighted by atomic mass is 16.5. The number of likely N-dealkylation sites (N-methyl/N-ethyl adjacent to an activating group) is 1. The van der Waals surface area contributed by atoms with Crippen LogP contribution >= 0.6 is 0 Å². The Balaban J connectivity index is 2.20. The van der Waals surface area contributed by atoms with E-state index in [2.05, 4.69) is 0 Å². The number of anilines is 1. The summed E-state index contributed by atoms with van der Waals surface area (Å²) in [6.07, 6.45) is 0.390. The topological polar surface area (TPSA) is 66.9 Å². The lowest BCUT2D eigenvalue weighted by Crippen LogP contribution is -2.35. The lowest BCUT2D eigenvalue weighted by molar-refractivity contribution is -0.137. The summed E-state index contributed by atoms with van der Waals surface area (Å²) >= 11 is 0. The summed E-state index contributed by atoms with van der Waals surface area (Å²) in [5.41, 5.74) is 0.843. The van der Waals surface area contributed by atoms with Crippen LogP contribution in [0.2, 0.25) is 0 Å². The molecular weight excluding hydrogens is 284 g/mol. The number of esters is 1. The minimum absolute atomic E-state index is 0.00216. The maximum absolute atomic E-state index is 12.3. The van der Waals surface area contributed by atoms with Crippen molar-refractivity contribution in [1.29, 1.82) is 0 Å². The molecule has 1 aliphatic rings. The fourth-order valence-electron chi connectivity index (χ4n) is 2.42. The average molecular weight is 304 g/mol. The molecule has 2 amide bonds. The van der Waals surface area contributed by atoms with E-state index in [0.717, 1.165) is 6.42 Å². The SMILES string of the molecule is C[C@@H](OC(=O)c1ccccc1N1CCCC1=O)C(=O)N(C)C. The molecule has 118 valence electrons. The van der Waals surface area contributed by atoms with Crippen molar-refractivity contribution >= 4 is 23.5 Å². The Bertz CT molecular complexity index is 598. The number of hydrogen-bond donors (Lipinski definition) is 0. The van der Waals surface area contributed by atoms with Crippen molar-refractivity contribution in [2.45, 2.75) is 25.9 Å². The smallest absolute Gasteiger partial charge is 0.341 e. The highest BCUT2D eigenvalue weighted by molar-refractivity contribution is 6.04. The van der Waals surface area contributed by atoms with Crippen molar-refractivity contribution in [2.75, 3.05) is 25.5 Å². The van der Waals surface area contributed by atoms with E-state index in [1.54, 1.807) is 43.3 Å². The fourth-order valence-corrected chi connectivity index (χ4v) is 2.42. The van der Waals surface area contributed by atoms with Crippen LogP contribution in [0.25, 0.3) is 0 Å². The molecule has 1 saturated heterocycles. The van der Waals surface area contributed by atoms with Gasteiger partial charge >= 0.3 is 5.97 Å². The Kier molecular flexibility index (Phi) is 4.80. The third-order valence-corrected chi connectivity index (χ3v) is 3.56. The second kappa shape index (κ2) is 6.60. The van der Waals surface area contributed by atoms with Gasteiger partial charge in [0.2, 0.25) is 5.91 Å². The summed E-state index contributed by atoms with van der Waals surface area (Å²) in [6.45, 7) is 2.12. The van der Waals surface area contributed by atoms with Gasteiger partial charge in [0.1, 0.15) is 0 Å². The molecule has 22 heavy (non-hydrogen) atoms. The van der Waals surface area contributed by atoms with Crippen LogP contribution < -0.4 is 4.90 Å². The Morgan fingerprint density at radius 2 is 1.95 bits per heavy atom. The Labute approximate surface area is 129 Å². The number of rotatable bonds is 4. The van der Waals surface area contributed by atoms with Crippen molar-refractivity contribution < 1.29 is 19.1 Å². The van der Waals surface area contributed by atoms with E-state index in [-0.39, 0.29) is 11.8 Å². The standard InChI is InChI=1S/C16H20N2O4/c1-11(15(20)17(2)3)22-16(21)12-7-4-5-8-13(12)18-10-6-9-14(18)19/h4-5,7-8,11H,6,9-10H2,1-3H3/t11-/m1/s1. The number of amides is 2. The first-order valence-electron chi connectivity index (χ1n) is 7.23. The summed E-state index contributed by atoms with van der Waals surface area (Å²) in [6, 6.07) is 6.81. The molecule has 1 aliphatic heterocycles. The number of benzene rings is 1. The number of hydrogen-bond acceptors (Lipinski definition) is 4. The van der Waals surface area contributed by atoms with Crippen LogP contribution in [-0.2, 0) is 14.3 Å². The average Bonchev–Trinajstić information content (AvgIpc) is 2.92. The van der Waals surface area contributed by atoms with Gasteiger partial charge in [-0.05, 0) is 25.5 Å². The predicted octanol–water partition coefficient (Wildman–Crippen LogP) is 1.45. The summed E-state index contributed by atoms with van der Waals surface area (Å²) in [4.78, 5) is 39.0. The zero-order valence-corrected chi connectivity index (χ0v) is 13.0. The number of nitrogens with zero attached hydrogens (tertiary/aromatic N) is 2. The molecule has 0 unspecified atom stereocenters. The largest absolute Gasteiger partial charge is 0.449 e. The van der Waals surface area contributed by atoms with Gasteiger partial charge in [0.15, 0.2) is 6.10 Å². The van der Waals surface area contributed by atoms with Crippen LogP contribution in [0.1, 0.15) is 30.1 Å². The second-order valence-electron chi connectivity index (χ2n) is 5.45. The van der Waals surface area contributed by atoms with Gasteiger partial charge in [0, 0.05) is 27.1 Å². The Morgan fingerprint density at radius 1 is 1.27 bits per heavy atom. The molecule has 0 aliphatic carbocycles. The molecule has 1 heterocycles. The van der Waals surface area contributed by atoms with Crippen LogP contribution in [0.5, 0.6) is 0 Å². The maximum Gasteiger partial charge on any atom is 0.341 e. The van der Waals surface area contributed by atoms with Crippen molar-refractivity contribution in [3.63, 3.8) is 0 Å². The molecule has 0 bridgehead atoms. The monoisotopic (exact) mass is 304 g/mol. The van der Waals surface area contributed by atoms with Gasteiger partial charge in [-0.2, -0.15) is 0 Å². The molecule has 0 aromatic heterocycles. The van der Waals surface area contributed by atoms with Crippen molar-refractivity contribution in [1.82, 2.24) is 4.90 Å². The molecule has 2 rings (SSSR count). The number of ether oxygens (including phenoxy) is 1. The molecule has 1 atom stereocenters. The summed E-state index contributed by atoms with van der Waals surface area (Å²) < 4.78 is 5.23. The van der Waals surface area contributed by atoms with Gasteiger partial charge in [-0.1, -0.05) is 12.1 Å².